The Kier molecular flexibility index (Phi) is 6.28. The first-order valence-electron chi connectivity index (χ1n) is 10.5. The van der Waals surface area contributed by atoms with Crippen molar-refractivity contribution in [2.45, 2.75) is 39.3 Å². The lowest BCUT2D eigenvalue weighted by Crippen LogP contribution is -2.27. The molecule has 1 aliphatic rings. The third kappa shape index (κ3) is 5.27. The number of benzene rings is 1. The quantitative estimate of drug-likeness (QED) is 0.643. The lowest BCUT2D eigenvalue weighted by Gasteiger charge is -2.17. The van der Waals surface area contributed by atoms with E-state index in [1.807, 2.05) is 63.4 Å². The van der Waals surface area contributed by atoms with E-state index < -0.39 is 0 Å². The smallest absolute Gasteiger partial charge is 0.251 e. The summed E-state index contributed by atoms with van der Waals surface area (Å²) in [5.74, 6) is 0.472. The van der Waals surface area contributed by atoms with Crippen molar-refractivity contribution in [1.29, 1.82) is 0 Å². The molecule has 0 saturated carbocycles. The summed E-state index contributed by atoms with van der Waals surface area (Å²) in [5.41, 5.74) is 5.14. The van der Waals surface area contributed by atoms with Crippen LogP contribution in [0.4, 0.5) is 0 Å². The SMILES string of the molecule is Cc1ccc(-c2cc(OC3CCOC3)cc(C(=O)N[C@H](C)c3ccc(C)nc3)c2)nc1. The second-order valence-electron chi connectivity index (χ2n) is 8.00. The number of nitrogens with zero attached hydrogens (tertiary/aromatic N) is 2. The minimum atomic E-state index is -0.172. The van der Waals surface area contributed by atoms with Crippen molar-refractivity contribution in [2.75, 3.05) is 13.2 Å². The van der Waals surface area contributed by atoms with Gasteiger partial charge in [-0.25, -0.2) is 0 Å². The summed E-state index contributed by atoms with van der Waals surface area (Å²) in [6, 6.07) is 13.3. The minimum absolute atomic E-state index is 0.00491. The largest absolute Gasteiger partial charge is 0.488 e. The van der Waals surface area contributed by atoms with Crippen LogP contribution in [0.1, 0.15) is 46.6 Å². The molecule has 3 heterocycles. The number of amides is 1. The zero-order valence-corrected chi connectivity index (χ0v) is 18.1. The van der Waals surface area contributed by atoms with Gasteiger partial charge in [0.2, 0.25) is 0 Å². The number of carbonyl (C=O) groups excluding carboxylic acids is 1. The van der Waals surface area contributed by atoms with Gasteiger partial charge < -0.3 is 14.8 Å². The van der Waals surface area contributed by atoms with Gasteiger partial charge in [-0.05, 0) is 62.2 Å². The lowest BCUT2D eigenvalue weighted by molar-refractivity contribution is 0.0938. The number of carbonyl (C=O) groups is 1. The van der Waals surface area contributed by atoms with E-state index in [9.17, 15) is 4.79 Å². The summed E-state index contributed by atoms with van der Waals surface area (Å²) >= 11 is 0. The van der Waals surface area contributed by atoms with Crippen LogP contribution in [0.25, 0.3) is 11.3 Å². The first-order chi connectivity index (χ1) is 15.0. The molecule has 6 heteroatoms. The van der Waals surface area contributed by atoms with Gasteiger partial charge in [-0.3, -0.25) is 14.8 Å². The standard InChI is InChI=1S/C25H27N3O3/c1-16-4-7-24(27-13-16)20-10-21(12-23(11-20)31-22-8-9-30-15-22)25(29)28-18(3)19-6-5-17(2)26-14-19/h4-7,10-14,18,22H,8-9,15H2,1-3H3,(H,28,29)/t18-,22?/m1/s1. The fourth-order valence-electron chi connectivity index (χ4n) is 3.48. The number of ether oxygens (including phenoxy) is 2. The maximum atomic E-state index is 13.1. The molecule has 31 heavy (non-hydrogen) atoms. The molecule has 1 N–H and O–H groups in total. The summed E-state index contributed by atoms with van der Waals surface area (Å²) in [6.45, 7) is 7.14. The predicted octanol–water partition coefficient (Wildman–Crippen LogP) is 4.42. The van der Waals surface area contributed by atoms with E-state index in [2.05, 4.69) is 15.3 Å². The van der Waals surface area contributed by atoms with E-state index in [1.54, 1.807) is 12.3 Å². The second-order valence-corrected chi connectivity index (χ2v) is 8.00. The Morgan fingerprint density at radius 2 is 2.00 bits per heavy atom. The van der Waals surface area contributed by atoms with E-state index in [1.165, 1.54) is 0 Å². The molecule has 1 amide bonds. The summed E-state index contributed by atoms with van der Waals surface area (Å²) in [6.07, 6.45) is 4.45. The highest BCUT2D eigenvalue weighted by Crippen LogP contribution is 2.27. The van der Waals surface area contributed by atoms with Crippen LogP contribution in [0.5, 0.6) is 5.75 Å². The molecule has 4 rings (SSSR count). The topological polar surface area (TPSA) is 73.3 Å². The van der Waals surface area contributed by atoms with E-state index in [0.717, 1.165) is 34.5 Å². The molecule has 160 valence electrons. The van der Waals surface area contributed by atoms with Gasteiger partial charge in [0.15, 0.2) is 0 Å². The van der Waals surface area contributed by atoms with Crippen LogP contribution in [-0.4, -0.2) is 35.2 Å². The predicted molar refractivity (Wildman–Crippen MR) is 119 cm³/mol. The molecule has 2 atom stereocenters. The van der Waals surface area contributed by atoms with Crippen molar-refractivity contribution < 1.29 is 14.3 Å². The zero-order valence-electron chi connectivity index (χ0n) is 18.1. The number of aromatic nitrogens is 2. The van der Waals surface area contributed by atoms with Crippen LogP contribution >= 0.6 is 0 Å². The number of rotatable bonds is 6. The van der Waals surface area contributed by atoms with Crippen LogP contribution in [0, 0.1) is 13.8 Å². The summed E-state index contributed by atoms with van der Waals surface area (Å²) in [7, 11) is 0. The molecule has 0 aliphatic carbocycles. The van der Waals surface area contributed by atoms with Crippen LogP contribution in [0.3, 0.4) is 0 Å². The van der Waals surface area contributed by atoms with Gasteiger partial charge in [0.25, 0.3) is 5.91 Å². The van der Waals surface area contributed by atoms with Gasteiger partial charge in [0, 0.05) is 35.6 Å². The van der Waals surface area contributed by atoms with E-state index in [4.69, 9.17) is 9.47 Å². The number of nitrogens with one attached hydrogen (secondary N) is 1. The molecule has 1 saturated heterocycles. The molecule has 0 spiro atoms. The molecule has 3 aromatic rings. The van der Waals surface area contributed by atoms with Gasteiger partial charge in [-0.1, -0.05) is 12.1 Å². The highest BCUT2D eigenvalue weighted by Gasteiger charge is 2.20. The van der Waals surface area contributed by atoms with Crippen molar-refractivity contribution in [2.24, 2.45) is 0 Å². The van der Waals surface area contributed by atoms with Gasteiger partial charge in [-0.2, -0.15) is 0 Å². The Hall–Kier alpha value is -3.25. The number of pyridine rings is 2. The highest BCUT2D eigenvalue weighted by molar-refractivity contribution is 5.96. The molecule has 1 aliphatic heterocycles. The Labute approximate surface area is 182 Å². The van der Waals surface area contributed by atoms with Crippen LogP contribution in [-0.2, 0) is 4.74 Å². The Morgan fingerprint density at radius 1 is 1.13 bits per heavy atom. The third-order valence-electron chi connectivity index (χ3n) is 5.35. The summed E-state index contributed by atoms with van der Waals surface area (Å²) < 4.78 is 11.5. The Bertz CT molecular complexity index is 1040. The number of hydrogen-bond donors (Lipinski definition) is 1. The van der Waals surface area contributed by atoms with E-state index in [0.29, 0.717) is 24.5 Å². The van der Waals surface area contributed by atoms with Crippen LogP contribution in [0.15, 0.2) is 54.9 Å². The van der Waals surface area contributed by atoms with E-state index >= 15 is 0 Å². The molecule has 1 fully saturated rings. The van der Waals surface area contributed by atoms with Gasteiger partial charge in [-0.15, -0.1) is 0 Å². The molecular formula is C25H27N3O3. The van der Waals surface area contributed by atoms with Crippen LogP contribution < -0.4 is 10.1 Å². The van der Waals surface area contributed by atoms with Crippen LogP contribution in [0.2, 0.25) is 0 Å². The second kappa shape index (κ2) is 9.27. The van der Waals surface area contributed by atoms with Gasteiger partial charge >= 0.3 is 0 Å². The Balaban J connectivity index is 1.61. The fourth-order valence-corrected chi connectivity index (χ4v) is 3.48. The lowest BCUT2D eigenvalue weighted by atomic mass is 10.0. The minimum Gasteiger partial charge on any atom is -0.488 e. The zero-order chi connectivity index (χ0) is 21.8. The number of hydrogen-bond acceptors (Lipinski definition) is 5. The van der Waals surface area contributed by atoms with Gasteiger partial charge in [0.1, 0.15) is 11.9 Å². The maximum Gasteiger partial charge on any atom is 0.251 e. The average Bonchev–Trinajstić information content (AvgIpc) is 3.27. The first kappa shape index (κ1) is 21.0. The van der Waals surface area contributed by atoms with Crippen molar-refractivity contribution >= 4 is 5.91 Å². The number of aryl methyl sites for hydroxylation is 2. The molecule has 0 radical (unpaired) electrons. The van der Waals surface area contributed by atoms with Crippen molar-refractivity contribution in [3.8, 4) is 17.0 Å². The van der Waals surface area contributed by atoms with Crippen molar-refractivity contribution in [3.05, 3.63) is 77.2 Å². The van der Waals surface area contributed by atoms with E-state index in [-0.39, 0.29) is 18.1 Å². The van der Waals surface area contributed by atoms with Crippen molar-refractivity contribution in [3.63, 3.8) is 0 Å². The Morgan fingerprint density at radius 3 is 2.68 bits per heavy atom. The highest BCUT2D eigenvalue weighted by atomic mass is 16.5. The third-order valence-corrected chi connectivity index (χ3v) is 5.35. The molecular weight excluding hydrogens is 390 g/mol. The first-order valence-corrected chi connectivity index (χ1v) is 10.5. The molecule has 0 bridgehead atoms. The monoisotopic (exact) mass is 417 g/mol. The van der Waals surface area contributed by atoms with Gasteiger partial charge in [0.05, 0.1) is 24.9 Å². The maximum absolute atomic E-state index is 13.1. The molecule has 6 nitrogen and oxygen atoms in total. The molecule has 1 aromatic carbocycles. The summed E-state index contributed by atoms with van der Waals surface area (Å²) in [5, 5.41) is 3.06. The fraction of sp³-hybridized carbons (Fsp3) is 0.320. The molecule has 1 unspecified atom stereocenters. The molecule has 2 aromatic heterocycles. The average molecular weight is 418 g/mol. The van der Waals surface area contributed by atoms with Crippen molar-refractivity contribution in [1.82, 2.24) is 15.3 Å². The summed E-state index contributed by atoms with van der Waals surface area (Å²) in [4.78, 5) is 21.9. The normalized spacial score (nSPS) is 16.7.